The van der Waals surface area contributed by atoms with Gasteiger partial charge in [0.25, 0.3) is 5.91 Å². The molecule has 29 heavy (non-hydrogen) atoms. The van der Waals surface area contributed by atoms with Crippen LogP contribution in [0.2, 0.25) is 10.0 Å². The summed E-state index contributed by atoms with van der Waals surface area (Å²) in [6, 6.07) is 4.09. The van der Waals surface area contributed by atoms with Gasteiger partial charge in [0.15, 0.2) is 0 Å². The first-order valence-electron chi connectivity index (χ1n) is 9.86. The molecule has 1 aliphatic heterocycles. The summed E-state index contributed by atoms with van der Waals surface area (Å²) in [5.41, 5.74) is 0.230. The van der Waals surface area contributed by atoms with Gasteiger partial charge in [0, 0.05) is 25.7 Å². The minimum absolute atomic E-state index is 0.0200. The van der Waals surface area contributed by atoms with Gasteiger partial charge in [-0.2, -0.15) is 0 Å². The van der Waals surface area contributed by atoms with Gasteiger partial charge in [-0.3, -0.25) is 19.3 Å². The highest BCUT2D eigenvalue weighted by atomic mass is 35.5. The van der Waals surface area contributed by atoms with Gasteiger partial charge in [0.2, 0.25) is 11.8 Å². The number of hydrogen-bond acceptors (Lipinski definition) is 4. The van der Waals surface area contributed by atoms with Crippen LogP contribution >= 0.6 is 23.2 Å². The molecule has 3 N–H and O–H groups in total. The second-order valence-corrected chi connectivity index (χ2v) is 7.99. The quantitative estimate of drug-likeness (QED) is 0.575. The summed E-state index contributed by atoms with van der Waals surface area (Å²) in [6.07, 6.45) is 2.43. The fourth-order valence-electron chi connectivity index (χ4n) is 3.10. The minimum atomic E-state index is -0.713. The predicted molar refractivity (Wildman–Crippen MR) is 114 cm³/mol. The Hall–Kier alpha value is -1.83. The van der Waals surface area contributed by atoms with E-state index < -0.39 is 11.9 Å². The zero-order valence-electron chi connectivity index (χ0n) is 16.8. The number of halogens is 2. The molecule has 1 atom stereocenters. The molecule has 3 amide bonds. The first-order valence-corrected chi connectivity index (χ1v) is 10.6. The Morgan fingerprint density at radius 1 is 1.21 bits per heavy atom. The number of carbonyl (C=O) groups is 3. The number of hydrogen-bond donors (Lipinski definition) is 3. The van der Waals surface area contributed by atoms with E-state index >= 15 is 0 Å². The van der Waals surface area contributed by atoms with Crippen LogP contribution in [0.5, 0.6) is 0 Å². The van der Waals surface area contributed by atoms with E-state index in [2.05, 4.69) is 20.9 Å². The summed E-state index contributed by atoms with van der Waals surface area (Å²) in [7, 11) is 0. The smallest absolute Gasteiger partial charge is 0.253 e. The highest BCUT2D eigenvalue weighted by molar-refractivity contribution is 6.43. The molecule has 0 bridgehead atoms. The molecule has 1 aliphatic rings. The lowest BCUT2D eigenvalue weighted by atomic mass is 10.0. The Balaban J connectivity index is 1.77. The largest absolute Gasteiger partial charge is 0.355 e. The zero-order chi connectivity index (χ0) is 21.4. The summed E-state index contributed by atoms with van der Waals surface area (Å²) >= 11 is 12.0. The summed E-state index contributed by atoms with van der Waals surface area (Å²) in [5.74, 6) is -0.672. The normalized spacial score (nSPS) is 16.1. The average Bonchev–Trinajstić information content (AvgIpc) is 2.69. The summed E-state index contributed by atoms with van der Waals surface area (Å²) in [5, 5.41) is 8.93. The molecular formula is C20H28Cl2N4O3. The molecule has 9 heteroatoms. The van der Waals surface area contributed by atoms with E-state index in [1.165, 1.54) is 0 Å². The topological polar surface area (TPSA) is 90.5 Å². The van der Waals surface area contributed by atoms with Crippen LogP contribution in [0.4, 0.5) is 0 Å². The third-order valence-electron chi connectivity index (χ3n) is 4.81. The molecule has 1 aromatic carbocycles. The molecule has 0 spiro atoms. The minimum Gasteiger partial charge on any atom is -0.355 e. The molecule has 1 saturated heterocycles. The Morgan fingerprint density at radius 3 is 2.55 bits per heavy atom. The lowest BCUT2D eigenvalue weighted by molar-refractivity contribution is -0.125. The number of carbonyl (C=O) groups excluding carboxylic acids is 3. The predicted octanol–water partition coefficient (Wildman–Crippen LogP) is 2.22. The van der Waals surface area contributed by atoms with E-state index in [1.807, 2.05) is 6.92 Å². The zero-order valence-corrected chi connectivity index (χ0v) is 18.3. The van der Waals surface area contributed by atoms with E-state index in [4.69, 9.17) is 23.2 Å². The molecule has 0 radical (unpaired) electrons. The molecule has 1 heterocycles. The van der Waals surface area contributed by atoms with E-state index in [-0.39, 0.29) is 33.5 Å². The van der Waals surface area contributed by atoms with Crippen LogP contribution in [-0.4, -0.2) is 60.9 Å². The van der Waals surface area contributed by atoms with Gasteiger partial charge in [-0.1, -0.05) is 36.2 Å². The summed E-state index contributed by atoms with van der Waals surface area (Å²) < 4.78 is 0. The van der Waals surface area contributed by atoms with Crippen molar-refractivity contribution < 1.29 is 14.4 Å². The maximum absolute atomic E-state index is 12.4. The van der Waals surface area contributed by atoms with Crippen LogP contribution in [-0.2, 0) is 9.59 Å². The van der Waals surface area contributed by atoms with Crippen molar-refractivity contribution in [2.24, 2.45) is 0 Å². The molecule has 7 nitrogen and oxygen atoms in total. The van der Waals surface area contributed by atoms with Crippen molar-refractivity contribution in [1.82, 2.24) is 20.9 Å². The van der Waals surface area contributed by atoms with Gasteiger partial charge in [0.1, 0.15) is 6.04 Å². The highest BCUT2D eigenvalue weighted by Crippen LogP contribution is 2.25. The molecule has 1 unspecified atom stereocenters. The third kappa shape index (κ3) is 7.17. The van der Waals surface area contributed by atoms with Gasteiger partial charge in [-0.05, 0) is 38.3 Å². The van der Waals surface area contributed by atoms with Crippen molar-refractivity contribution in [3.05, 3.63) is 33.8 Å². The van der Waals surface area contributed by atoms with Crippen molar-refractivity contribution in [1.29, 1.82) is 0 Å². The standard InChI is InChI=1S/C20H28Cl2N4O3/c1-3-9-23-17(27)12-26-10-7-14(8-11-26)25-19(28)13(2)24-20(29)15-5-4-6-16(21)18(15)22/h4-6,13-14H,3,7-12H2,1-2H3,(H,23,27)(H,24,29)(H,25,28). The first kappa shape index (κ1) is 23.4. The molecule has 0 saturated carbocycles. The van der Waals surface area contributed by atoms with E-state index in [0.717, 1.165) is 32.4 Å². The van der Waals surface area contributed by atoms with Crippen LogP contribution < -0.4 is 16.0 Å². The van der Waals surface area contributed by atoms with Crippen LogP contribution in [0.1, 0.15) is 43.5 Å². The fraction of sp³-hybridized carbons (Fsp3) is 0.550. The van der Waals surface area contributed by atoms with Crippen LogP contribution in [0.15, 0.2) is 18.2 Å². The number of piperidine rings is 1. The van der Waals surface area contributed by atoms with Crippen molar-refractivity contribution in [2.75, 3.05) is 26.2 Å². The van der Waals surface area contributed by atoms with Crippen molar-refractivity contribution in [3.8, 4) is 0 Å². The van der Waals surface area contributed by atoms with Crippen LogP contribution in [0.25, 0.3) is 0 Å². The Bertz CT molecular complexity index is 736. The monoisotopic (exact) mass is 442 g/mol. The number of nitrogens with one attached hydrogen (secondary N) is 3. The molecule has 160 valence electrons. The SMILES string of the molecule is CCCNC(=O)CN1CCC(NC(=O)C(C)NC(=O)c2cccc(Cl)c2Cl)CC1. The summed E-state index contributed by atoms with van der Waals surface area (Å²) in [4.78, 5) is 38.7. The van der Waals surface area contributed by atoms with Crippen molar-refractivity contribution in [2.45, 2.75) is 45.2 Å². The molecule has 1 fully saturated rings. The van der Waals surface area contributed by atoms with Gasteiger partial charge in [-0.15, -0.1) is 0 Å². The Morgan fingerprint density at radius 2 is 1.90 bits per heavy atom. The second kappa shape index (κ2) is 11.4. The number of likely N-dealkylation sites (tertiary alicyclic amines) is 1. The number of nitrogens with zero attached hydrogens (tertiary/aromatic N) is 1. The lowest BCUT2D eigenvalue weighted by Gasteiger charge is -2.32. The molecular weight excluding hydrogens is 415 g/mol. The van der Waals surface area contributed by atoms with E-state index in [9.17, 15) is 14.4 Å². The molecule has 0 aromatic heterocycles. The number of benzene rings is 1. The summed E-state index contributed by atoms with van der Waals surface area (Å²) in [6.45, 7) is 6.19. The van der Waals surface area contributed by atoms with Crippen LogP contribution in [0.3, 0.4) is 0 Å². The highest BCUT2D eigenvalue weighted by Gasteiger charge is 2.25. The molecule has 0 aliphatic carbocycles. The van der Waals surface area contributed by atoms with E-state index in [1.54, 1.807) is 25.1 Å². The van der Waals surface area contributed by atoms with Crippen molar-refractivity contribution in [3.63, 3.8) is 0 Å². The average molecular weight is 443 g/mol. The second-order valence-electron chi connectivity index (χ2n) is 7.21. The first-order chi connectivity index (χ1) is 13.8. The van der Waals surface area contributed by atoms with Crippen molar-refractivity contribution >= 4 is 40.9 Å². The lowest BCUT2D eigenvalue weighted by Crippen LogP contribution is -2.52. The molecule has 2 rings (SSSR count). The maximum atomic E-state index is 12.4. The van der Waals surface area contributed by atoms with Gasteiger partial charge >= 0.3 is 0 Å². The van der Waals surface area contributed by atoms with Gasteiger partial charge in [-0.25, -0.2) is 0 Å². The fourth-order valence-corrected chi connectivity index (χ4v) is 3.49. The number of rotatable bonds is 8. The van der Waals surface area contributed by atoms with Gasteiger partial charge in [0.05, 0.1) is 22.2 Å². The van der Waals surface area contributed by atoms with Gasteiger partial charge < -0.3 is 16.0 Å². The molecule has 1 aromatic rings. The van der Waals surface area contributed by atoms with E-state index in [0.29, 0.717) is 13.1 Å². The number of amides is 3. The van der Waals surface area contributed by atoms with Crippen LogP contribution in [0, 0.1) is 0 Å². The Labute approximate surface area is 181 Å². The maximum Gasteiger partial charge on any atom is 0.253 e. The Kier molecular flexibility index (Phi) is 9.20. The third-order valence-corrected chi connectivity index (χ3v) is 5.63.